The summed E-state index contributed by atoms with van der Waals surface area (Å²) in [6.07, 6.45) is 7.18. The van der Waals surface area contributed by atoms with Gasteiger partial charge in [0.05, 0.1) is 6.04 Å². The van der Waals surface area contributed by atoms with Crippen molar-refractivity contribution in [2.75, 3.05) is 5.32 Å². The van der Waals surface area contributed by atoms with Crippen molar-refractivity contribution < 1.29 is 4.79 Å². The number of nitrogens with one attached hydrogen (secondary N) is 2. The summed E-state index contributed by atoms with van der Waals surface area (Å²) in [5.41, 5.74) is 1.80. The lowest BCUT2D eigenvalue weighted by molar-refractivity contribution is 0.0982. The number of H-pyrrole nitrogens is 1. The third-order valence-electron chi connectivity index (χ3n) is 3.45. The molecule has 0 aliphatic rings. The number of imidazole rings is 1. The zero-order valence-corrected chi connectivity index (χ0v) is 12.7. The van der Waals surface area contributed by atoms with Gasteiger partial charge in [-0.1, -0.05) is 20.3 Å². The van der Waals surface area contributed by atoms with Gasteiger partial charge in [0.25, 0.3) is 0 Å². The van der Waals surface area contributed by atoms with Gasteiger partial charge in [-0.15, -0.1) is 0 Å². The van der Waals surface area contributed by atoms with Crippen molar-refractivity contribution in [3.63, 3.8) is 0 Å². The molecule has 0 radical (unpaired) electrons. The first-order chi connectivity index (χ1) is 10.2. The Morgan fingerprint density at radius 2 is 2.00 bits per heavy atom. The maximum Gasteiger partial charge on any atom is 0.162 e. The van der Waals surface area contributed by atoms with Crippen molar-refractivity contribution in [1.82, 2.24) is 9.97 Å². The van der Waals surface area contributed by atoms with Gasteiger partial charge >= 0.3 is 0 Å². The van der Waals surface area contributed by atoms with Gasteiger partial charge < -0.3 is 10.3 Å². The van der Waals surface area contributed by atoms with Crippen LogP contribution >= 0.6 is 0 Å². The molecule has 2 aromatic rings. The second-order valence-corrected chi connectivity index (χ2v) is 5.21. The van der Waals surface area contributed by atoms with Crippen LogP contribution in [-0.2, 0) is 0 Å². The van der Waals surface area contributed by atoms with E-state index in [0.29, 0.717) is 6.42 Å². The van der Waals surface area contributed by atoms with E-state index in [1.807, 2.05) is 37.4 Å². The van der Waals surface area contributed by atoms with Crippen LogP contribution in [0.1, 0.15) is 61.8 Å². The number of aromatic amines is 1. The van der Waals surface area contributed by atoms with E-state index in [2.05, 4.69) is 22.2 Å². The van der Waals surface area contributed by atoms with E-state index >= 15 is 0 Å². The zero-order chi connectivity index (χ0) is 15.1. The Morgan fingerprint density at radius 3 is 2.57 bits per heavy atom. The van der Waals surface area contributed by atoms with Crippen LogP contribution < -0.4 is 5.32 Å². The molecule has 2 rings (SSSR count). The lowest BCUT2D eigenvalue weighted by Gasteiger charge is -2.17. The van der Waals surface area contributed by atoms with Gasteiger partial charge in [0.2, 0.25) is 0 Å². The molecule has 0 bridgehead atoms. The first-order valence-electron chi connectivity index (χ1n) is 7.63. The molecule has 0 amide bonds. The van der Waals surface area contributed by atoms with Crippen LogP contribution in [0.25, 0.3) is 0 Å². The molecule has 0 fully saturated rings. The molecule has 2 N–H and O–H groups in total. The number of aromatic nitrogens is 2. The minimum atomic E-state index is 0.169. The monoisotopic (exact) mass is 285 g/mol. The van der Waals surface area contributed by atoms with Crippen molar-refractivity contribution in [1.29, 1.82) is 0 Å². The highest BCUT2D eigenvalue weighted by Crippen LogP contribution is 2.22. The summed E-state index contributed by atoms with van der Waals surface area (Å²) in [6, 6.07) is 7.89. The Balaban J connectivity index is 2.06. The molecular formula is C17H23N3O. The fraction of sp³-hybridized carbons (Fsp3) is 0.412. The number of anilines is 1. The summed E-state index contributed by atoms with van der Waals surface area (Å²) in [7, 11) is 0. The third kappa shape index (κ3) is 4.18. The molecule has 1 aromatic heterocycles. The molecule has 21 heavy (non-hydrogen) atoms. The number of carbonyl (C=O) groups excluding carboxylic acids is 1. The minimum absolute atomic E-state index is 0.169. The van der Waals surface area contributed by atoms with Crippen molar-refractivity contribution in [3.05, 3.63) is 48.0 Å². The van der Waals surface area contributed by atoms with Crippen molar-refractivity contribution >= 4 is 11.5 Å². The number of rotatable bonds is 8. The van der Waals surface area contributed by atoms with Crippen LogP contribution in [0, 0.1) is 0 Å². The van der Waals surface area contributed by atoms with Crippen LogP contribution in [0.3, 0.4) is 0 Å². The SMILES string of the molecule is CCCC(=O)c1ccc(NC(CCC)c2ncc[nH]2)cc1. The standard InChI is InChI=1S/C17H23N3O/c1-3-5-15(17-18-11-12-19-17)20-14-9-7-13(8-10-14)16(21)6-4-2/h7-12,15,20H,3-6H2,1-2H3,(H,18,19). The van der Waals surface area contributed by atoms with Gasteiger partial charge in [0.1, 0.15) is 5.82 Å². The van der Waals surface area contributed by atoms with Gasteiger partial charge in [0, 0.05) is 30.1 Å². The van der Waals surface area contributed by atoms with Gasteiger partial charge in [-0.3, -0.25) is 4.79 Å². The Bertz CT molecular complexity index is 546. The van der Waals surface area contributed by atoms with Gasteiger partial charge in [-0.05, 0) is 37.1 Å². The van der Waals surface area contributed by atoms with Crippen LogP contribution in [0.4, 0.5) is 5.69 Å². The largest absolute Gasteiger partial charge is 0.375 e. The second-order valence-electron chi connectivity index (χ2n) is 5.21. The lowest BCUT2D eigenvalue weighted by atomic mass is 10.1. The maximum atomic E-state index is 11.8. The predicted octanol–water partition coefficient (Wildman–Crippen LogP) is 4.35. The lowest BCUT2D eigenvalue weighted by Crippen LogP contribution is -2.12. The number of Topliss-reactive ketones (excluding diaryl/α,β-unsaturated/α-hetero) is 1. The van der Waals surface area contributed by atoms with Crippen molar-refractivity contribution in [3.8, 4) is 0 Å². The molecule has 1 atom stereocenters. The molecule has 4 nitrogen and oxygen atoms in total. The van der Waals surface area contributed by atoms with E-state index in [-0.39, 0.29) is 11.8 Å². The highest BCUT2D eigenvalue weighted by Gasteiger charge is 2.13. The molecule has 0 aliphatic heterocycles. The fourth-order valence-electron chi connectivity index (χ4n) is 2.36. The van der Waals surface area contributed by atoms with Crippen LogP contribution in [0.2, 0.25) is 0 Å². The Labute approximate surface area is 126 Å². The van der Waals surface area contributed by atoms with E-state index in [4.69, 9.17) is 0 Å². The summed E-state index contributed by atoms with van der Waals surface area (Å²) in [6.45, 7) is 4.18. The molecule has 0 saturated heterocycles. The summed E-state index contributed by atoms with van der Waals surface area (Å²) in [5, 5.41) is 3.48. The highest BCUT2D eigenvalue weighted by atomic mass is 16.1. The average Bonchev–Trinajstić information content (AvgIpc) is 3.02. The highest BCUT2D eigenvalue weighted by molar-refractivity contribution is 5.96. The van der Waals surface area contributed by atoms with Gasteiger partial charge in [0.15, 0.2) is 5.78 Å². The van der Waals surface area contributed by atoms with E-state index in [9.17, 15) is 4.79 Å². The maximum absolute atomic E-state index is 11.8. The molecule has 4 heteroatoms. The normalized spacial score (nSPS) is 12.1. The number of nitrogens with zero attached hydrogens (tertiary/aromatic N) is 1. The van der Waals surface area contributed by atoms with Crippen LogP contribution in [0.5, 0.6) is 0 Å². The average molecular weight is 285 g/mol. The number of hydrogen-bond acceptors (Lipinski definition) is 3. The summed E-state index contributed by atoms with van der Waals surface area (Å²) < 4.78 is 0. The Kier molecular flexibility index (Phi) is 5.55. The molecule has 112 valence electrons. The Hall–Kier alpha value is -2.10. The summed E-state index contributed by atoms with van der Waals surface area (Å²) in [5.74, 6) is 1.16. The molecular weight excluding hydrogens is 262 g/mol. The molecule has 1 heterocycles. The predicted molar refractivity (Wildman–Crippen MR) is 85.5 cm³/mol. The Morgan fingerprint density at radius 1 is 1.24 bits per heavy atom. The summed E-state index contributed by atoms with van der Waals surface area (Å²) >= 11 is 0. The smallest absolute Gasteiger partial charge is 0.162 e. The van der Waals surface area contributed by atoms with Gasteiger partial charge in [-0.25, -0.2) is 4.98 Å². The number of carbonyl (C=O) groups is 1. The zero-order valence-electron chi connectivity index (χ0n) is 12.7. The fourth-order valence-corrected chi connectivity index (χ4v) is 2.36. The van der Waals surface area contributed by atoms with Crippen LogP contribution in [-0.4, -0.2) is 15.8 Å². The van der Waals surface area contributed by atoms with Crippen LogP contribution in [0.15, 0.2) is 36.7 Å². The van der Waals surface area contributed by atoms with E-state index in [1.54, 1.807) is 6.20 Å². The van der Waals surface area contributed by atoms with E-state index in [0.717, 1.165) is 36.3 Å². The molecule has 0 saturated carbocycles. The van der Waals surface area contributed by atoms with Gasteiger partial charge in [-0.2, -0.15) is 0 Å². The number of hydrogen-bond donors (Lipinski definition) is 2. The molecule has 0 aliphatic carbocycles. The van der Waals surface area contributed by atoms with Crippen molar-refractivity contribution in [2.45, 2.75) is 45.6 Å². The minimum Gasteiger partial charge on any atom is -0.375 e. The first kappa shape index (κ1) is 15.3. The quantitative estimate of drug-likeness (QED) is 0.709. The topological polar surface area (TPSA) is 57.8 Å². The van der Waals surface area contributed by atoms with E-state index < -0.39 is 0 Å². The van der Waals surface area contributed by atoms with E-state index in [1.165, 1.54) is 0 Å². The number of benzene rings is 1. The molecule has 0 spiro atoms. The first-order valence-corrected chi connectivity index (χ1v) is 7.63. The molecule has 1 aromatic carbocycles. The molecule has 1 unspecified atom stereocenters. The number of ketones is 1. The van der Waals surface area contributed by atoms with Crippen molar-refractivity contribution in [2.24, 2.45) is 0 Å². The third-order valence-corrected chi connectivity index (χ3v) is 3.45. The second kappa shape index (κ2) is 7.62. The summed E-state index contributed by atoms with van der Waals surface area (Å²) in [4.78, 5) is 19.3.